The zero-order chi connectivity index (χ0) is 13.8. The van der Waals surface area contributed by atoms with E-state index < -0.39 is 17.3 Å². The van der Waals surface area contributed by atoms with E-state index in [1.807, 2.05) is 0 Å². The average molecular weight is 253 g/mol. The average Bonchev–Trinajstić information content (AvgIpc) is 2.36. The van der Waals surface area contributed by atoms with Crippen LogP contribution in [0.3, 0.4) is 0 Å². The molecule has 0 saturated carbocycles. The van der Waals surface area contributed by atoms with E-state index in [0.29, 0.717) is 19.4 Å². The molecule has 0 spiro atoms. The second-order valence-corrected chi connectivity index (χ2v) is 5.28. The maximum atomic E-state index is 11.8. The van der Waals surface area contributed by atoms with E-state index in [2.05, 4.69) is 11.4 Å². The number of carboxylic acids is 1. The number of rotatable bonds is 3. The number of hydrogen-bond acceptors (Lipinski definition) is 3. The summed E-state index contributed by atoms with van der Waals surface area (Å²) >= 11 is 0. The summed E-state index contributed by atoms with van der Waals surface area (Å²) in [7, 11) is 0. The SMILES string of the molecule is CC(C)(C#N)CNC(=O)N1CCCC(C(=O)O)C1. The van der Waals surface area contributed by atoms with Crippen LogP contribution in [0.4, 0.5) is 4.79 Å². The van der Waals surface area contributed by atoms with Gasteiger partial charge in [-0.1, -0.05) is 0 Å². The van der Waals surface area contributed by atoms with Crippen LogP contribution in [0.5, 0.6) is 0 Å². The van der Waals surface area contributed by atoms with Crippen LogP contribution in [0.2, 0.25) is 0 Å². The van der Waals surface area contributed by atoms with Gasteiger partial charge >= 0.3 is 12.0 Å². The molecule has 2 N–H and O–H groups in total. The number of urea groups is 1. The minimum absolute atomic E-state index is 0.244. The molecule has 0 aromatic rings. The lowest BCUT2D eigenvalue weighted by Crippen LogP contribution is -2.48. The van der Waals surface area contributed by atoms with Crippen molar-refractivity contribution in [3.05, 3.63) is 0 Å². The first-order valence-corrected chi connectivity index (χ1v) is 6.02. The molecular formula is C12H19N3O3. The fourth-order valence-corrected chi connectivity index (χ4v) is 1.81. The maximum absolute atomic E-state index is 11.8. The van der Waals surface area contributed by atoms with Crippen LogP contribution < -0.4 is 5.32 Å². The van der Waals surface area contributed by atoms with Crippen LogP contribution >= 0.6 is 0 Å². The van der Waals surface area contributed by atoms with E-state index in [0.717, 1.165) is 0 Å². The van der Waals surface area contributed by atoms with Gasteiger partial charge in [0.05, 0.1) is 17.4 Å². The number of nitrogens with one attached hydrogen (secondary N) is 1. The summed E-state index contributed by atoms with van der Waals surface area (Å²) in [5.41, 5.74) is -0.613. The van der Waals surface area contributed by atoms with Crippen molar-refractivity contribution in [1.82, 2.24) is 10.2 Å². The number of amides is 2. The van der Waals surface area contributed by atoms with Gasteiger partial charge < -0.3 is 15.3 Å². The fraction of sp³-hybridized carbons (Fsp3) is 0.750. The number of carbonyl (C=O) groups is 2. The first-order valence-electron chi connectivity index (χ1n) is 6.02. The predicted molar refractivity (Wildman–Crippen MR) is 64.7 cm³/mol. The Kier molecular flexibility index (Phi) is 4.54. The van der Waals surface area contributed by atoms with Crippen LogP contribution in [-0.4, -0.2) is 41.6 Å². The number of aliphatic carboxylic acids is 1. The van der Waals surface area contributed by atoms with E-state index in [4.69, 9.17) is 10.4 Å². The third-order valence-corrected chi connectivity index (χ3v) is 3.04. The number of nitrogens with zero attached hydrogens (tertiary/aromatic N) is 2. The first kappa shape index (κ1) is 14.3. The summed E-state index contributed by atoms with van der Waals surface area (Å²) in [5.74, 6) is -1.33. The summed E-state index contributed by atoms with van der Waals surface area (Å²) in [6.45, 7) is 4.56. The lowest BCUT2D eigenvalue weighted by atomic mass is 9.96. The Morgan fingerprint density at radius 3 is 2.78 bits per heavy atom. The topological polar surface area (TPSA) is 93.4 Å². The fourth-order valence-electron chi connectivity index (χ4n) is 1.81. The van der Waals surface area contributed by atoms with Gasteiger partial charge in [0.25, 0.3) is 0 Å². The van der Waals surface area contributed by atoms with Gasteiger partial charge in [0.1, 0.15) is 0 Å². The second-order valence-electron chi connectivity index (χ2n) is 5.28. The van der Waals surface area contributed by atoms with Crippen molar-refractivity contribution in [3.63, 3.8) is 0 Å². The van der Waals surface area contributed by atoms with Gasteiger partial charge in [-0.15, -0.1) is 0 Å². The second kappa shape index (κ2) is 5.71. The Labute approximate surface area is 107 Å². The van der Waals surface area contributed by atoms with Crippen molar-refractivity contribution in [2.24, 2.45) is 11.3 Å². The number of carbonyl (C=O) groups excluding carboxylic acids is 1. The molecule has 100 valence electrons. The molecule has 18 heavy (non-hydrogen) atoms. The first-order chi connectivity index (χ1) is 8.35. The predicted octanol–water partition coefficient (Wildman–Crippen LogP) is 1.04. The largest absolute Gasteiger partial charge is 0.481 e. The van der Waals surface area contributed by atoms with Crippen LogP contribution in [0.25, 0.3) is 0 Å². The highest BCUT2D eigenvalue weighted by Crippen LogP contribution is 2.17. The number of likely N-dealkylation sites (tertiary alicyclic amines) is 1. The number of carboxylic acid groups (broad SMARTS) is 1. The lowest BCUT2D eigenvalue weighted by molar-refractivity contribution is -0.143. The molecule has 6 nitrogen and oxygen atoms in total. The van der Waals surface area contributed by atoms with Crippen LogP contribution in [-0.2, 0) is 4.79 Å². The molecule has 1 atom stereocenters. The van der Waals surface area contributed by atoms with Crippen molar-refractivity contribution >= 4 is 12.0 Å². The molecule has 1 fully saturated rings. The third-order valence-electron chi connectivity index (χ3n) is 3.04. The summed E-state index contributed by atoms with van der Waals surface area (Å²) in [6, 6.07) is 1.81. The molecule has 1 rings (SSSR count). The van der Waals surface area contributed by atoms with Crippen LogP contribution in [0.1, 0.15) is 26.7 Å². The summed E-state index contributed by atoms with van der Waals surface area (Å²) < 4.78 is 0. The monoisotopic (exact) mass is 253 g/mol. The molecule has 0 bridgehead atoms. The molecule has 1 aliphatic rings. The summed E-state index contributed by atoms with van der Waals surface area (Å²) in [4.78, 5) is 24.2. The van der Waals surface area contributed by atoms with E-state index in [9.17, 15) is 9.59 Å². The van der Waals surface area contributed by atoms with Gasteiger partial charge in [-0.2, -0.15) is 5.26 Å². The minimum atomic E-state index is -0.857. The van der Waals surface area contributed by atoms with E-state index in [1.165, 1.54) is 4.90 Å². The van der Waals surface area contributed by atoms with Gasteiger partial charge in [0.15, 0.2) is 0 Å². The van der Waals surface area contributed by atoms with Crippen molar-refractivity contribution in [1.29, 1.82) is 5.26 Å². The molecule has 1 unspecified atom stereocenters. The molecule has 1 saturated heterocycles. The normalized spacial score (nSPS) is 20.1. The zero-order valence-electron chi connectivity index (χ0n) is 10.8. The Morgan fingerprint density at radius 2 is 2.22 bits per heavy atom. The highest BCUT2D eigenvalue weighted by molar-refractivity contribution is 5.76. The number of nitriles is 1. The quantitative estimate of drug-likeness (QED) is 0.786. The lowest BCUT2D eigenvalue weighted by Gasteiger charge is -2.31. The molecule has 0 aliphatic carbocycles. The Bertz CT molecular complexity index is 373. The van der Waals surface area contributed by atoms with Gasteiger partial charge in [-0.3, -0.25) is 4.79 Å². The van der Waals surface area contributed by atoms with Gasteiger partial charge in [0.2, 0.25) is 0 Å². The van der Waals surface area contributed by atoms with Crippen molar-refractivity contribution in [2.45, 2.75) is 26.7 Å². The molecule has 1 aliphatic heterocycles. The third kappa shape index (κ3) is 3.91. The molecule has 0 radical (unpaired) electrons. The minimum Gasteiger partial charge on any atom is -0.481 e. The number of piperidine rings is 1. The van der Waals surface area contributed by atoms with Gasteiger partial charge in [0, 0.05) is 19.6 Å². The molecule has 0 aromatic carbocycles. The Balaban J connectivity index is 2.47. The zero-order valence-corrected chi connectivity index (χ0v) is 10.8. The highest BCUT2D eigenvalue weighted by Gasteiger charge is 2.28. The van der Waals surface area contributed by atoms with E-state index in [-0.39, 0.29) is 19.1 Å². The standard InChI is InChI=1S/C12H19N3O3/c1-12(2,7-13)8-14-11(18)15-5-3-4-9(6-15)10(16)17/h9H,3-6,8H2,1-2H3,(H,14,18)(H,16,17). The Hall–Kier alpha value is -1.77. The molecule has 6 heteroatoms. The molecular weight excluding hydrogens is 234 g/mol. The number of hydrogen-bond donors (Lipinski definition) is 2. The van der Waals surface area contributed by atoms with E-state index >= 15 is 0 Å². The van der Waals surface area contributed by atoms with E-state index in [1.54, 1.807) is 13.8 Å². The maximum Gasteiger partial charge on any atom is 0.317 e. The Morgan fingerprint density at radius 1 is 1.56 bits per heavy atom. The highest BCUT2D eigenvalue weighted by atomic mass is 16.4. The van der Waals surface area contributed by atoms with Crippen LogP contribution in [0.15, 0.2) is 0 Å². The summed E-state index contributed by atoms with van der Waals surface area (Å²) in [5, 5.41) is 20.4. The molecule has 1 heterocycles. The van der Waals surface area contributed by atoms with Crippen molar-refractivity contribution in [2.75, 3.05) is 19.6 Å². The molecule has 2 amide bonds. The van der Waals surface area contributed by atoms with Crippen molar-refractivity contribution < 1.29 is 14.7 Å². The van der Waals surface area contributed by atoms with Gasteiger partial charge in [-0.25, -0.2) is 4.79 Å². The van der Waals surface area contributed by atoms with Gasteiger partial charge in [-0.05, 0) is 26.7 Å². The smallest absolute Gasteiger partial charge is 0.317 e. The molecule has 0 aromatic heterocycles. The summed E-state index contributed by atoms with van der Waals surface area (Å²) in [6.07, 6.45) is 1.31. The van der Waals surface area contributed by atoms with Crippen molar-refractivity contribution in [3.8, 4) is 6.07 Å². The van der Waals surface area contributed by atoms with Crippen LogP contribution in [0, 0.1) is 22.7 Å².